The number of aryl methyl sites for hydroxylation is 2. The van der Waals surface area contributed by atoms with Crippen molar-refractivity contribution in [1.29, 1.82) is 0 Å². The lowest BCUT2D eigenvalue weighted by Gasteiger charge is -2.22. The average Bonchev–Trinajstić information content (AvgIpc) is 3.33. The van der Waals surface area contributed by atoms with Crippen LogP contribution in [0.15, 0.2) is 36.4 Å². The van der Waals surface area contributed by atoms with Crippen molar-refractivity contribution >= 4 is 29.0 Å². The summed E-state index contributed by atoms with van der Waals surface area (Å²) in [6.45, 7) is 5.98. The Kier molecular flexibility index (Phi) is 5.43. The molecule has 1 saturated heterocycles. The van der Waals surface area contributed by atoms with Crippen LogP contribution in [-0.2, 0) is 0 Å². The van der Waals surface area contributed by atoms with Crippen molar-refractivity contribution < 1.29 is 9.59 Å². The molecule has 6 nitrogen and oxygen atoms in total. The zero-order valence-electron chi connectivity index (χ0n) is 17.0. The predicted molar refractivity (Wildman–Crippen MR) is 117 cm³/mol. The van der Waals surface area contributed by atoms with Crippen LogP contribution in [0.4, 0.5) is 21.9 Å². The molecular weight excluding hydrogens is 364 g/mol. The fourth-order valence-electron chi connectivity index (χ4n) is 3.63. The van der Waals surface area contributed by atoms with E-state index in [9.17, 15) is 9.59 Å². The number of rotatable bonds is 5. The Labute approximate surface area is 171 Å². The molecule has 0 bridgehead atoms. The van der Waals surface area contributed by atoms with Gasteiger partial charge in [0.05, 0.1) is 5.56 Å². The van der Waals surface area contributed by atoms with E-state index in [4.69, 9.17) is 0 Å². The van der Waals surface area contributed by atoms with Crippen molar-refractivity contribution in [2.24, 2.45) is 0 Å². The first-order chi connectivity index (χ1) is 14.0. The molecule has 0 atom stereocenters. The van der Waals surface area contributed by atoms with E-state index in [0.29, 0.717) is 17.3 Å². The van der Waals surface area contributed by atoms with Gasteiger partial charge in [-0.1, -0.05) is 6.07 Å². The van der Waals surface area contributed by atoms with Crippen LogP contribution in [0.5, 0.6) is 0 Å². The van der Waals surface area contributed by atoms with Crippen molar-refractivity contribution in [1.82, 2.24) is 5.32 Å². The second-order valence-electron chi connectivity index (χ2n) is 8.05. The van der Waals surface area contributed by atoms with Gasteiger partial charge >= 0.3 is 6.03 Å². The van der Waals surface area contributed by atoms with E-state index in [0.717, 1.165) is 55.7 Å². The number of carbonyl (C=O) groups excluding carboxylic acids is 2. The number of urea groups is 1. The van der Waals surface area contributed by atoms with E-state index in [1.807, 2.05) is 44.2 Å². The molecule has 6 heteroatoms. The van der Waals surface area contributed by atoms with E-state index in [1.165, 1.54) is 5.56 Å². The normalized spacial score (nSPS) is 15.9. The summed E-state index contributed by atoms with van der Waals surface area (Å²) >= 11 is 0. The minimum atomic E-state index is -0.323. The van der Waals surface area contributed by atoms with Crippen molar-refractivity contribution in [2.75, 3.05) is 28.6 Å². The van der Waals surface area contributed by atoms with Gasteiger partial charge in [0.15, 0.2) is 0 Å². The summed E-state index contributed by atoms with van der Waals surface area (Å²) in [4.78, 5) is 27.5. The summed E-state index contributed by atoms with van der Waals surface area (Å²) in [5.74, 6) is -0.0624. The molecule has 2 aromatic rings. The van der Waals surface area contributed by atoms with Crippen molar-refractivity contribution in [2.45, 2.75) is 45.6 Å². The molecule has 3 N–H and O–H groups in total. The number of nitrogens with zero attached hydrogens (tertiary/aromatic N) is 1. The van der Waals surface area contributed by atoms with Gasteiger partial charge in [-0.3, -0.25) is 4.79 Å². The van der Waals surface area contributed by atoms with Crippen LogP contribution >= 0.6 is 0 Å². The van der Waals surface area contributed by atoms with Gasteiger partial charge in [0.25, 0.3) is 5.91 Å². The third-order valence-corrected chi connectivity index (χ3v) is 5.62. The third-order valence-electron chi connectivity index (χ3n) is 5.62. The topological polar surface area (TPSA) is 73.5 Å². The van der Waals surface area contributed by atoms with Crippen LogP contribution in [0.3, 0.4) is 0 Å². The van der Waals surface area contributed by atoms with Gasteiger partial charge in [0, 0.05) is 36.2 Å². The number of hydrogen-bond donors (Lipinski definition) is 3. The standard InChI is InChI=1S/C23H28N4O2/c1-15-5-6-18(13-16(15)2)25-23(29)26-19-9-10-21(27-11-3-4-12-27)20(14-19)22(28)24-17-7-8-17/h5-6,9-10,13-14,17H,3-4,7-8,11-12H2,1-2H3,(H,24,28)(H2,25,26,29). The van der Waals surface area contributed by atoms with E-state index in [-0.39, 0.29) is 11.9 Å². The molecule has 1 aliphatic carbocycles. The Balaban J connectivity index is 1.51. The van der Waals surface area contributed by atoms with E-state index >= 15 is 0 Å². The zero-order valence-corrected chi connectivity index (χ0v) is 17.0. The lowest BCUT2D eigenvalue weighted by molar-refractivity contribution is 0.0951. The molecular formula is C23H28N4O2. The minimum absolute atomic E-state index is 0.0624. The number of hydrogen-bond acceptors (Lipinski definition) is 3. The number of nitrogens with one attached hydrogen (secondary N) is 3. The monoisotopic (exact) mass is 392 g/mol. The van der Waals surface area contributed by atoms with Crippen molar-refractivity contribution in [3.05, 3.63) is 53.1 Å². The van der Waals surface area contributed by atoms with Gasteiger partial charge in [0.1, 0.15) is 0 Å². The summed E-state index contributed by atoms with van der Waals surface area (Å²) in [6.07, 6.45) is 4.37. The van der Waals surface area contributed by atoms with Gasteiger partial charge in [-0.05, 0) is 81.0 Å². The van der Waals surface area contributed by atoms with Gasteiger partial charge < -0.3 is 20.9 Å². The highest BCUT2D eigenvalue weighted by Crippen LogP contribution is 2.29. The number of carbonyl (C=O) groups is 2. The molecule has 2 aliphatic rings. The Morgan fingerprint density at radius 3 is 2.21 bits per heavy atom. The van der Waals surface area contributed by atoms with Crippen LogP contribution in [0.25, 0.3) is 0 Å². The maximum atomic E-state index is 12.8. The maximum absolute atomic E-state index is 12.8. The van der Waals surface area contributed by atoms with Gasteiger partial charge in [-0.15, -0.1) is 0 Å². The summed E-state index contributed by atoms with van der Waals surface area (Å²) < 4.78 is 0. The molecule has 0 unspecified atom stereocenters. The van der Waals surface area contributed by atoms with E-state index in [2.05, 4.69) is 20.9 Å². The molecule has 1 heterocycles. The summed E-state index contributed by atoms with van der Waals surface area (Å²) in [7, 11) is 0. The zero-order chi connectivity index (χ0) is 20.4. The van der Waals surface area contributed by atoms with E-state index < -0.39 is 0 Å². The highest BCUT2D eigenvalue weighted by Gasteiger charge is 2.26. The molecule has 1 saturated carbocycles. The first-order valence-corrected chi connectivity index (χ1v) is 10.3. The third kappa shape index (κ3) is 4.70. The first kappa shape index (κ1) is 19.3. The van der Waals surface area contributed by atoms with Crippen LogP contribution in [0.1, 0.15) is 47.2 Å². The fourth-order valence-corrected chi connectivity index (χ4v) is 3.63. The van der Waals surface area contributed by atoms with Crippen LogP contribution < -0.4 is 20.9 Å². The van der Waals surface area contributed by atoms with Crippen LogP contribution in [0, 0.1) is 13.8 Å². The average molecular weight is 393 g/mol. The molecule has 1 aliphatic heterocycles. The first-order valence-electron chi connectivity index (χ1n) is 10.3. The van der Waals surface area contributed by atoms with Crippen LogP contribution in [-0.4, -0.2) is 31.1 Å². The maximum Gasteiger partial charge on any atom is 0.323 e. The molecule has 29 heavy (non-hydrogen) atoms. The lowest BCUT2D eigenvalue weighted by Crippen LogP contribution is -2.29. The summed E-state index contributed by atoms with van der Waals surface area (Å²) in [5.41, 5.74) is 5.22. The van der Waals surface area contributed by atoms with Gasteiger partial charge in [0.2, 0.25) is 0 Å². The molecule has 152 valence electrons. The Morgan fingerprint density at radius 2 is 1.55 bits per heavy atom. The molecule has 2 fully saturated rings. The summed E-state index contributed by atoms with van der Waals surface area (Å²) in [5, 5.41) is 8.79. The van der Waals surface area contributed by atoms with Crippen molar-refractivity contribution in [3.63, 3.8) is 0 Å². The molecule has 2 aromatic carbocycles. The molecule has 0 radical (unpaired) electrons. The van der Waals surface area contributed by atoms with E-state index in [1.54, 1.807) is 6.07 Å². The predicted octanol–water partition coefficient (Wildman–Crippen LogP) is 4.44. The Bertz CT molecular complexity index is 930. The molecule has 4 rings (SSSR count). The molecule has 0 aromatic heterocycles. The second kappa shape index (κ2) is 8.15. The summed E-state index contributed by atoms with van der Waals surface area (Å²) in [6, 6.07) is 11.4. The second-order valence-corrected chi connectivity index (χ2v) is 8.05. The molecule has 0 spiro atoms. The Hall–Kier alpha value is -3.02. The molecule has 3 amide bonds. The lowest BCUT2D eigenvalue weighted by atomic mass is 10.1. The smallest absolute Gasteiger partial charge is 0.323 e. The fraction of sp³-hybridized carbons (Fsp3) is 0.391. The van der Waals surface area contributed by atoms with Crippen molar-refractivity contribution in [3.8, 4) is 0 Å². The number of anilines is 3. The Morgan fingerprint density at radius 1 is 0.897 bits per heavy atom. The quantitative estimate of drug-likeness (QED) is 0.704. The number of amides is 3. The highest BCUT2D eigenvalue weighted by molar-refractivity contribution is 6.04. The largest absolute Gasteiger partial charge is 0.371 e. The highest BCUT2D eigenvalue weighted by atomic mass is 16.2. The number of benzene rings is 2. The van der Waals surface area contributed by atoms with Gasteiger partial charge in [-0.25, -0.2) is 4.79 Å². The van der Waals surface area contributed by atoms with Gasteiger partial charge in [-0.2, -0.15) is 0 Å². The SMILES string of the molecule is Cc1ccc(NC(=O)Nc2ccc(N3CCCC3)c(C(=O)NC3CC3)c2)cc1C. The minimum Gasteiger partial charge on any atom is -0.371 e. The van der Waals surface area contributed by atoms with Crippen LogP contribution in [0.2, 0.25) is 0 Å².